The third-order valence-corrected chi connectivity index (χ3v) is 5.89. The molecule has 2 fully saturated rings. The first-order valence-corrected chi connectivity index (χ1v) is 10.7. The van der Waals surface area contributed by atoms with Crippen molar-refractivity contribution in [3.05, 3.63) is 59.5 Å². The van der Waals surface area contributed by atoms with Gasteiger partial charge in [0, 0.05) is 37.8 Å². The number of aromatic nitrogens is 1. The average molecular weight is 396 g/mol. The molecule has 1 aromatic heterocycles. The summed E-state index contributed by atoms with van der Waals surface area (Å²) >= 11 is 0. The Hall–Kier alpha value is -2.63. The van der Waals surface area contributed by atoms with Gasteiger partial charge in [-0.2, -0.15) is 0 Å². The highest BCUT2D eigenvalue weighted by atomic mass is 19.1. The Morgan fingerprint density at radius 2 is 2.00 bits per heavy atom. The molecular weight excluding hydrogens is 365 g/mol. The van der Waals surface area contributed by atoms with Crippen LogP contribution in [0.4, 0.5) is 10.2 Å². The molecule has 1 aromatic carbocycles. The number of anilines is 1. The second-order valence-corrected chi connectivity index (χ2v) is 8.06. The van der Waals surface area contributed by atoms with E-state index in [0.717, 1.165) is 61.9 Å². The molecule has 29 heavy (non-hydrogen) atoms. The molecule has 0 unspecified atom stereocenters. The van der Waals surface area contributed by atoms with Crippen LogP contribution in [0.3, 0.4) is 0 Å². The van der Waals surface area contributed by atoms with Crippen molar-refractivity contribution in [1.82, 2.24) is 15.6 Å². The molecule has 2 aliphatic rings. The van der Waals surface area contributed by atoms with Gasteiger partial charge in [-0.15, -0.1) is 0 Å². The number of rotatable bonds is 7. The largest absolute Gasteiger partial charge is 0.357 e. The molecular formula is C23H30FN5. The van der Waals surface area contributed by atoms with Crippen LogP contribution in [0.2, 0.25) is 0 Å². The van der Waals surface area contributed by atoms with Gasteiger partial charge in [0.1, 0.15) is 11.6 Å². The van der Waals surface area contributed by atoms with Crippen molar-refractivity contribution < 1.29 is 4.39 Å². The quantitative estimate of drug-likeness (QED) is 0.556. The number of guanidine groups is 1. The Bertz CT molecular complexity index is 839. The Kier molecular flexibility index (Phi) is 5.97. The number of nitrogens with zero attached hydrogens (tertiary/aromatic N) is 3. The van der Waals surface area contributed by atoms with E-state index >= 15 is 0 Å². The zero-order chi connectivity index (χ0) is 20.1. The predicted molar refractivity (Wildman–Crippen MR) is 116 cm³/mol. The van der Waals surface area contributed by atoms with E-state index in [-0.39, 0.29) is 11.2 Å². The monoisotopic (exact) mass is 395 g/mol. The van der Waals surface area contributed by atoms with E-state index in [1.54, 1.807) is 12.1 Å². The molecule has 2 heterocycles. The number of nitrogens with one attached hydrogen (secondary N) is 2. The van der Waals surface area contributed by atoms with Gasteiger partial charge in [-0.3, -0.25) is 0 Å². The van der Waals surface area contributed by atoms with Crippen LogP contribution >= 0.6 is 0 Å². The van der Waals surface area contributed by atoms with Gasteiger partial charge in [-0.1, -0.05) is 18.2 Å². The van der Waals surface area contributed by atoms with Crippen molar-refractivity contribution in [3.63, 3.8) is 0 Å². The summed E-state index contributed by atoms with van der Waals surface area (Å²) < 4.78 is 13.6. The lowest BCUT2D eigenvalue weighted by Gasteiger charge is -2.19. The average Bonchev–Trinajstić information content (AvgIpc) is 3.34. The maximum absolute atomic E-state index is 13.6. The topological polar surface area (TPSA) is 52.6 Å². The molecule has 1 saturated heterocycles. The molecule has 5 nitrogen and oxygen atoms in total. The van der Waals surface area contributed by atoms with Crippen LogP contribution in [0.15, 0.2) is 47.6 Å². The van der Waals surface area contributed by atoms with Crippen LogP contribution in [0.5, 0.6) is 0 Å². The van der Waals surface area contributed by atoms with Gasteiger partial charge >= 0.3 is 0 Å². The Morgan fingerprint density at radius 1 is 1.17 bits per heavy atom. The van der Waals surface area contributed by atoms with Crippen LogP contribution in [0.1, 0.15) is 43.7 Å². The first-order valence-electron chi connectivity index (χ1n) is 10.7. The Balaban J connectivity index is 1.36. The highest BCUT2D eigenvalue weighted by molar-refractivity contribution is 5.80. The van der Waals surface area contributed by atoms with E-state index < -0.39 is 0 Å². The summed E-state index contributed by atoms with van der Waals surface area (Å²) in [6.45, 7) is 6.40. The molecule has 0 amide bonds. The van der Waals surface area contributed by atoms with Crippen molar-refractivity contribution in [1.29, 1.82) is 0 Å². The molecule has 4 rings (SSSR count). The molecule has 0 atom stereocenters. The zero-order valence-corrected chi connectivity index (χ0v) is 17.1. The SMILES string of the molecule is CCNC(=NCc1ccc(N2CCCC2)nc1)NCC1(c2cccc(F)c2)CC1. The summed E-state index contributed by atoms with van der Waals surface area (Å²) in [5, 5.41) is 6.76. The molecule has 1 aliphatic carbocycles. The normalized spacial score (nSPS) is 18.0. The third-order valence-electron chi connectivity index (χ3n) is 5.89. The van der Waals surface area contributed by atoms with Gasteiger partial charge in [-0.25, -0.2) is 14.4 Å². The second-order valence-electron chi connectivity index (χ2n) is 8.06. The number of benzene rings is 1. The van der Waals surface area contributed by atoms with Crippen LogP contribution in [-0.2, 0) is 12.0 Å². The molecule has 0 spiro atoms. The minimum atomic E-state index is -0.167. The molecule has 2 N–H and O–H groups in total. The Labute approximate surface area is 172 Å². The first kappa shape index (κ1) is 19.7. The summed E-state index contributed by atoms with van der Waals surface area (Å²) in [5.41, 5.74) is 2.19. The lowest BCUT2D eigenvalue weighted by atomic mass is 9.96. The van der Waals surface area contributed by atoms with E-state index in [2.05, 4.69) is 39.6 Å². The molecule has 2 aromatic rings. The Morgan fingerprint density at radius 3 is 2.66 bits per heavy atom. The van der Waals surface area contributed by atoms with E-state index in [4.69, 9.17) is 4.99 Å². The summed E-state index contributed by atoms with van der Waals surface area (Å²) in [6, 6.07) is 11.2. The fourth-order valence-electron chi connectivity index (χ4n) is 3.95. The first-order chi connectivity index (χ1) is 14.2. The summed E-state index contributed by atoms with van der Waals surface area (Å²) in [6.07, 6.45) is 6.58. The highest BCUT2D eigenvalue weighted by Gasteiger charge is 2.44. The molecule has 6 heteroatoms. The van der Waals surface area contributed by atoms with Gasteiger partial charge < -0.3 is 15.5 Å². The van der Waals surface area contributed by atoms with Gasteiger partial charge in [0.05, 0.1) is 6.54 Å². The van der Waals surface area contributed by atoms with Gasteiger partial charge in [0.25, 0.3) is 0 Å². The van der Waals surface area contributed by atoms with E-state index in [9.17, 15) is 4.39 Å². The predicted octanol–water partition coefficient (Wildman–Crippen LogP) is 3.61. The minimum absolute atomic E-state index is 0.0250. The lowest BCUT2D eigenvalue weighted by molar-refractivity contribution is 0.607. The van der Waals surface area contributed by atoms with E-state index in [0.29, 0.717) is 6.54 Å². The number of halogens is 1. The number of hydrogen-bond acceptors (Lipinski definition) is 3. The van der Waals surface area contributed by atoms with E-state index in [1.807, 2.05) is 12.3 Å². The van der Waals surface area contributed by atoms with E-state index in [1.165, 1.54) is 18.9 Å². The molecule has 154 valence electrons. The van der Waals surface area contributed by atoms with Gasteiger partial charge in [-0.05, 0) is 61.9 Å². The van der Waals surface area contributed by atoms with Crippen molar-refractivity contribution in [2.45, 2.75) is 44.6 Å². The van der Waals surface area contributed by atoms with Gasteiger partial charge in [0.2, 0.25) is 0 Å². The number of hydrogen-bond donors (Lipinski definition) is 2. The molecule has 1 aliphatic heterocycles. The van der Waals surface area contributed by atoms with Crippen molar-refractivity contribution in [2.24, 2.45) is 4.99 Å². The number of pyridine rings is 1. The smallest absolute Gasteiger partial charge is 0.191 e. The maximum Gasteiger partial charge on any atom is 0.191 e. The molecule has 0 radical (unpaired) electrons. The fraction of sp³-hybridized carbons (Fsp3) is 0.478. The number of aliphatic imine (C=N–C) groups is 1. The molecule has 1 saturated carbocycles. The summed E-state index contributed by atoms with van der Waals surface area (Å²) in [4.78, 5) is 11.7. The van der Waals surface area contributed by atoms with Gasteiger partial charge in [0.15, 0.2) is 5.96 Å². The lowest BCUT2D eigenvalue weighted by Crippen LogP contribution is -2.41. The van der Waals surface area contributed by atoms with Crippen LogP contribution < -0.4 is 15.5 Å². The standard InChI is InChI=1S/C23H30FN5/c1-2-25-22(28-17-23(10-11-23)19-6-5-7-20(24)14-19)27-16-18-8-9-21(26-15-18)29-12-3-4-13-29/h5-9,14-15H,2-4,10-13,16-17H2,1H3,(H2,25,27,28). The minimum Gasteiger partial charge on any atom is -0.357 e. The second kappa shape index (κ2) is 8.80. The van der Waals surface area contributed by atoms with Crippen molar-refractivity contribution in [3.8, 4) is 0 Å². The summed E-state index contributed by atoms with van der Waals surface area (Å²) in [5.74, 6) is 1.68. The van der Waals surface area contributed by atoms with Crippen molar-refractivity contribution >= 4 is 11.8 Å². The highest BCUT2D eigenvalue weighted by Crippen LogP contribution is 2.47. The zero-order valence-electron chi connectivity index (χ0n) is 17.1. The fourth-order valence-corrected chi connectivity index (χ4v) is 3.95. The van der Waals surface area contributed by atoms with Crippen LogP contribution in [0, 0.1) is 5.82 Å². The maximum atomic E-state index is 13.6. The van der Waals surface area contributed by atoms with Crippen molar-refractivity contribution in [2.75, 3.05) is 31.1 Å². The van der Waals surface area contributed by atoms with Crippen LogP contribution in [-0.4, -0.2) is 37.1 Å². The summed E-state index contributed by atoms with van der Waals surface area (Å²) in [7, 11) is 0. The third kappa shape index (κ3) is 4.86. The van der Waals surface area contributed by atoms with Crippen LogP contribution in [0.25, 0.3) is 0 Å². The molecule has 0 bridgehead atoms.